The summed E-state index contributed by atoms with van der Waals surface area (Å²) in [6.07, 6.45) is 5.62. The van der Waals surface area contributed by atoms with E-state index in [1.807, 2.05) is 18.2 Å². The monoisotopic (exact) mass is 495 g/mol. The lowest BCUT2D eigenvalue weighted by atomic mass is 9.95. The lowest BCUT2D eigenvalue weighted by molar-refractivity contribution is -0.113. The number of nitrogens with zero attached hydrogens (tertiary/aromatic N) is 3. The van der Waals surface area contributed by atoms with E-state index >= 15 is 0 Å². The molecule has 0 unspecified atom stereocenters. The SMILES string of the molecule is COc1ccc(-c2nnc(SCC(=O)Nc3ccc(C(N)=O)cc3)n2C2CCCCC2)cc1OC. The Labute approximate surface area is 208 Å². The average Bonchev–Trinajstić information content (AvgIpc) is 3.32. The van der Waals surface area contributed by atoms with E-state index in [1.54, 1.807) is 38.5 Å². The van der Waals surface area contributed by atoms with Crippen LogP contribution in [0.4, 0.5) is 5.69 Å². The number of amides is 2. The van der Waals surface area contributed by atoms with E-state index in [-0.39, 0.29) is 17.7 Å². The minimum absolute atomic E-state index is 0.173. The second-order valence-electron chi connectivity index (χ2n) is 8.32. The van der Waals surface area contributed by atoms with Crippen LogP contribution in [0, 0.1) is 0 Å². The van der Waals surface area contributed by atoms with Crippen LogP contribution < -0.4 is 20.5 Å². The topological polar surface area (TPSA) is 121 Å². The third-order valence-electron chi connectivity index (χ3n) is 6.03. The van der Waals surface area contributed by atoms with Gasteiger partial charge in [0.15, 0.2) is 22.5 Å². The Balaban J connectivity index is 1.54. The molecule has 3 aromatic rings. The van der Waals surface area contributed by atoms with Gasteiger partial charge in [0.05, 0.1) is 20.0 Å². The Hall–Kier alpha value is -3.53. The highest BCUT2D eigenvalue weighted by Crippen LogP contribution is 2.38. The molecule has 1 aliphatic rings. The largest absolute Gasteiger partial charge is 0.493 e. The summed E-state index contributed by atoms with van der Waals surface area (Å²) in [5.74, 6) is 1.52. The van der Waals surface area contributed by atoms with Crippen LogP contribution in [0.3, 0.4) is 0 Å². The number of nitrogens with two attached hydrogens (primary N) is 1. The van der Waals surface area contributed by atoms with E-state index in [2.05, 4.69) is 20.1 Å². The predicted octanol–water partition coefficient (Wildman–Crippen LogP) is 4.30. The average molecular weight is 496 g/mol. The first-order valence-corrected chi connectivity index (χ1v) is 12.5. The zero-order valence-electron chi connectivity index (χ0n) is 19.8. The van der Waals surface area contributed by atoms with E-state index < -0.39 is 5.91 Å². The van der Waals surface area contributed by atoms with Crippen molar-refractivity contribution >= 4 is 29.3 Å². The fraction of sp³-hybridized carbons (Fsp3) is 0.360. The van der Waals surface area contributed by atoms with Crippen molar-refractivity contribution in [2.75, 3.05) is 25.3 Å². The van der Waals surface area contributed by atoms with Gasteiger partial charge >= 0.3 is 0 Å². The van der Waals surface area contributed by atoms with Crippen molar-refractivity contribution in [3.63, 3.8) is 0 Å². The number of carbonyl (C=O) groups excluding carboxylic acids is 2. The Bertz CT molecular complexity index is 1190. The molecule has 3 N–H and O–H groups in total. The normalized spacial score (nSPS) is 13.9. The number of carbonyl (C=O) groups is 2. The van der Waals surface area contributed by atoms with E-state index in [1.165, 1.54) is 18.2 Å². The highest BCUT2D eigenvalue weighted by Gasteiger charge is 2.25. The van der Waals surface area contributed by atoms with Crippen molar-refractivity contribution in [1.29, 1.82) is 0 Å². The zero-order valence-corrected chi connectivity index (χ0v) is 20.6. The third-order valence-corrected chi connectivity index (χ3v) is 6.97. The van der Waals surface area contributed by atoms with Crippen LogP contribution in [-0.2, 0) is 4.79 Å². The fourth-order valence-corrected chi connectivity index (χ4v) is 5.07. The van der Waals surface area contributed by atoms with Gasteiger partial charge in [-0.1, -0.05) is 31.0 Å². The van der Waals surface area contributed by atoms with Crippen LogP contribution in [0.2, 0.25) is 0 Å². The number of anilines is 1. The van der Waals surface area contributed by atoms with Crippen molar-refractivity contribution < 1.29 is 19.1 Å². The van der Waals surface area contributed by atoms with Crippen molar-refractivity contribution in [1.82, 2.24) is 14.8 Å². The molecule has 4 rings (SSSR count). The molecule has 1 aliphatic carbocycles. The number of ether oxygens (including phenoxy) is 2. The predicted molar refractivity (Wildman–Crippen MR) is 135 cm³/mol. The number of rotatable bonds is 9. The van der Waals surface area contributed by atoms with Crippen LogP contribution >= 0.6 is 11.8 Å². The molecule has 10 heteroatoms. The van der Waals surface area contributed by atoms with Gasteiger partial charge in [0.25, 0.3) is 0 Å². The molecule has 2 aromatic carbocycles. The van der Waals surface area contributed by atoms with Crippen LogP contribution in [0.5, 0.6) is 11.5 Å². The maximum absolute atomic E-state index is 12.6. The summed E-state index contributed by atoms with van der Waals surface area (Å²) in [4.78, 5) is 23.8. The molecule has 0 bridgehead atoms. The first-order valence-electron chi connectivity index (χ1n) is 11.5. The minimum Gasteiger partial charge on any atom is -0.493 e. The highest BCUT2D eigenvalue weighted by atomic mass is 32.2. The van der Waals surface area contributed by atoms with Gasteiger partial charge in [-0.3, -0.25) is 14.2 Å². The molecular formula is C25H29N5O4S. The first-order chi connectivity index (χ1) is 17.0. The van der Waals surface area contributed by atoms with Gasteiger partial charge in [-0.15, -0.1) is 10.2 Å². The molecule has 1 heterocycles. The molecule has 0 atom stereocenters. The van der Waals surface area contributed by atoms with Crippen LogP contribution in [0.25, 0.3) is 11.4 Å². The summed E-state index contributed by atoms with van der Waals surface area (Å²) < 4.78 is 13.0. The second-order valence-corrected chi connectivity index (χ2v) is 9.26. The van der Waals surface area contributed by atoms with E-state index in [0.29, 0.717) is 27.9 Å². The molecule has 0 aliphatic heterocycles. The van der Waals surface area contributed by atoms with E-state index in [9.17, 15) is 9.59 Å². The van der Waals surface area contributed by atoms with Gasteiger partial charge in [-0.05, 0) is 55.3 Å². The minimum atomic E-state index is -0.509. The van der Waals surface area contributed by atoms with Crippen molar-refractivity contribution in [3.8, 4) is 22.9 Å². The molecule has 1 aromatic heterocycles. The third kappa shape index (κ3) is 5.76. The number of methoxy groups -OCH3 is 2. The smallest absolute Gasteiger partial charge is 0.248 e. The maximum Gasteiger partial charge on any atom is 0.248 e. The number of aromatic nitrogens is 3. The van der Waals surface area contributed by atoms with Gasteiger partial charge in [0.2, 0.25) is 11.8 Å². The van der Waals surface area contributed by atoms with Gasteiger partial charge in [-0.25, -0.2) is 0 Å². The molecule has 9 nitrogen and oxygen atoms in total. The van der Waals surface area contributed by atoms with Crippen LogP contribution in [0.1, 0.15) is 48.5 Å². The molecule has 1 saturated carbocycles. The van der Waals surface area contributed by atoms with Gasteiger partial charge in [-0.2, -0.15) is 0 Å². The summed E-state index contributed by atoms with van der Waals surface area (Å²) in [7, 11) is 3.21. The number of hydrogen-bond acceptors (Lipinski definition) is 7. The van der Waals surface area contributed by atoms with Gasteiger partial charge in [0, 0.05) is 22.9 Å². The highest BCUT2D eigenvalue weighted by molar-refractivity contribution is 7.99. The maximum atomic E-state index is 12.6. The number of benzene rings is 2. The summed E-state index contributed by atoms with van der Waals surface area (Å²) in [5.41, 5.74) is 7.14. The van der Waals surface area contributed by atoms with Crippen molar-refractivity contribution in [3.05, 3.63) is 48.0 Å². The lowest BCUT2D eigenvalue weighted by Crippen LogP contribution is -2.17. The van der Waals surface area contributed by atoms with Crippen LogP contribution in [-0.4, -0.2) is 46.6 Å². The van der Waals surface area contributed by atoms with Gasteiger partial charge < -0.3 is 20.5 Å². The Morgan fingerprint density at radius 1 is 1.03 bits per heavy atom. The standard InChI is InChI=1S/C25H29N5O4S/c1-33-20-13-10-17(14-21(20)34-2)24-28-29-25(30(24)19-6-4-3-5-7-19)35-15-22(31)27-18-11-8-16(9-12-18)23(26)32/h8-14,19H,3-7,15H2,1-2H3,(H2,26,32)(H,27,31). The number of nitrogens with one attached hydrogen (secondary N) is 1. The fourth-order valence-electron chi connectivity index (χ4n) is 4.26. The summed E-state index contributed by atoms with van der Waals surface area (Å²) in [6, 6.07) is 12.5. The molecule has 1 fully saturated rings. The number of primary amides is 1. The zero-order chi connectivity index (χ0) is 24.8. The first kappa shape index (κ1) is 24.6. The summed E-state index contributed by atoms with van der Waals surface area (Å²) in [6.45, 7) is 0. The van der Waals surface area contributed by atoms with E-state index in [4.69, 9.17) is 15.2 Å². The Morgan fingerprint density at radius 2 is 1.74 bits per heavy atom. The lowest BCUT2D eigenvalue weighted by Gasteiger charge is -2.25. The molecule has 0 spiro atoms. The van der Waals surface area contributed by atoms with Crippen molar-refractivity contribution in [2.24, 2.45) is 5.73 Å². The number of hydrogen-bond donors (Lipinski definition) is 2. The van der Waals surface area contributed by atoms with Crippen LogP contribution in [0.15, 0.2) is 47.6 Å². The van der Waals surface area contributed by atoms with E-state index in [0.717, 1.165) is 37.1 Å². The summed E-state index contributed by atoms with van der Waals surface area (Å²) in [5, 5.41) is 12.5. The molecule has 0 saturated heterocycles. The molecule has 0 radical (unpaired) electrons. The summed E-state index contributed by atoms with van der Waals surface area (Å²) >= 11 is 1.36. The second kappa shape index (κ2) is 11.3. The number of thioether (sulfide) groups is 1. The molecule has 35 heavy (non-hydrogen) atoms. The van der Waals surface area contributed by atoms with Gasteiger partial charge in [0.1, 0.15) is 0 Å². The Kier molecular flexibility index (Phi) is 7.91. The molecular weight excluding hydrogens is 466 g/mol. The Morgan fingerprint density at radius 3 is 2.40 bits per heavy atom. The molecule has 184 valence electrons. The van der Waals surface area contributed by atoms with Crippen molar-refractivity contribution in [2.45, 2.75) is 43.3 Å². The quantitative estimate of drug-likeness (QED) is 0.425. The molecule has 2 amide bonds.